The smallest absolute Gasteiger partial charge is 0.369 e. The Morgan fingerprint density at radius 3 is 2.38 bits per heavy atom. The van der Waals surface area contributed by atoms with Gasteiger partial charge in [-0.25, -0.2) is 13.6 Å². The van der Waals surface area contributed by atoms with Gasteiger partial charge in [0.25, 0.3) is 10.0 Å². The minimum absolute atomic E-state index is 0.0175. The molecule has 0 aliphatic heterocycles. The van der Waals surface area contributed by atoms with Gasteiger partial charge in [0.15, 0.2) is 0 Å². The molecule has 0 aliphatic carbocycles. The van der Waals surface area contributed by atoms with Gasteiger partial charge in [0, 0.05) is 21.4 Å². The number of aryl methyl sites for hydroxylation is 1. The fraction of sp³-hybridized carbons (Fsp3) is 0.136. The maximum Gasteiger partial charge on any atom is 0.416 e. The summed E-state index contributed by atoms with van der Waals surface area (Å²) >= 11 is 7.14. The van der Waals surface area contributed by atoms with Crippen LogP contribution in [0.2, 0.25) is 5.02 Å². The first kappa shape index (κ1) is 28.8. The van der Waals surface area contributed by atoms with Crippen LogP contribution in [0.1, 0.15) is 16.7 Å². The number of rotatable bonds is 7. The van der Waals surface area contributed by atoms with Gasteiger partial charge in [0.05, 0.1) is 10.5 Å². The fourth-order valence-corrected chi connectivity index (χ4v) is 6.28. The molecule has 0 aliphatic rings. The predicted molar refractivity (Wildman–Crippen MR) is 137 cm³/mol. The van der Waals surface area contributed by atoms with E-state index in [1.165, 1.54) is 42.5 Å². The highest BCUT2D eigenvalue weighted by atomic mass is 35.5. The molecule has 198 valence electrons. The number of hydrogen-bond donors (Lipinski definition) is 3. The van der Waals surface area contributed by atoms with Crippen molar-refractivity contribution in [2.24, 2.45) is 15.3 Å². The quantitative estimate of drug-likeness (QED) is 0.204. The van der Waals surface area contributed by atoms with Gasteiger partial charge in [-0.15, -0.1) is 16.2 Å². The number of guanidine groups is 1. The van der Waals surface area contributed by atoms with Crippen LogP contribution in [0.4, 0.5) is 18.9 Å². The Morgan fingerprint density at radius 1 is 1.05 bits per heavy atom. The number of anilines is 1. The van der Waals surface area contributed by atoms with Gasteiger partial charge >= 0.3 is 6.18 Å². The van der Waals surface area contributed by atoms with Crippen LogP contribution >= 0.6 is 23.4 Å². The van der Waals surface area contributed by atoms with Crippen LogP contribution in [0, 0.1) is 6.92 Å². The lowest BCUT2D eigenvalue weighted by molar-refractivity contribution is -0.137. The van der Waals surface area contributed by atoms with Crippen molar-refractivity contribution in [3.05, 3.63) is 82.4 Å². The molecule has 15 heteroatoms. The third kappa shape index (κ3) is 7.61. The minimum atomic E-state index is -4.52. The number of sulfonamides is 2. The van der Waals surface area contributed by atoms with Gasteiger partial charge in [-0.05, 0) is 54.4 Å². The first-order valence-corrected chi connectivity index (χ1v) is 14.5. The van der Waals surface area contributed by atoms with Crippen molar-refractivity contribution < 1.29 is 30.0 Å². The number of nitrogens with zero attached hydrogens (tertiary/aromatic N) is 1. The van der Waals surface area contributed by atoms with E-state index in [0.29, 0.717) is 11.1 Å². The van der Waals surface area contributed by atoms with Crippen molar-refractivity contribution in [3.63, 3.8) is 0 Å². The maximum atomic E-state index is 13.1. The summed E-state index contributed by atoms with van der Waals surface area (Å²) in [6.07, 6.45) is -4.52. The molecule has 0 saturated carbocycles. The Morgan fingerprint density at radius 2 is 1.73 bits per heavy atom. The molecular weight excluding hydrogens is 573 g/mol. The van der Waals surface area contributed by atoms with Gasteiger partial charge < -0.3 is 11.1 Å². The van der Waals surface area contributed by atoms with Crippen molar-refractivity contribution in [3.8, 4) is 0 Å². The average molecular weight is 593 g/mol. The lowest BCUT2D eigenvalue weighted by Gasteiger charge is -2.12. The molecule has 0 saturated heterocycles. The minimum Gasteiger partial charge on any atom is -0.369 e. The Bertz CT molecular complexity index is 1580. The molecule has 3 aromatic carbocycles. The van der Waals surface area contributed by atoms with Crippen LogP contribution in [-0.4, -0.2) is 22.8 Å². The molecule has 3 aromatic rings. The van der Waals surface area contributed by atoms with Gasteiger partial charge in [-0.2, -0.15) is 21.6 Å². The molecule has 0 amide bonds. The number of benzene rings is 3. The molecule has 3 rings (SSSR count). The first-order valence-electron chi connectivity index (χ1n) is 10.2. The monoisotopic (exact) mass is 592 g/mol. The molecule has 0 unspecified atom stereocenters. The molecule has 0 bridgehead atoms. The standard InChI is InChI=1S/C22H20ClF3N4O4S3/c1-13-8-20(19(11-18(13)23)35-12-14-4-2-5-15(9-14)22(24,25)26)37(33,34)30-21(27)29-16-6-3-7-17(10-16)36(28,31)32/h2-11H,12H2,1H3,(H3,27,29,30)(H2,28,31,32). The first-order chi connectivity index (χ1) is 17.1. The molecule has 0 spiro atoms. The number of alkyl halides is 3. The highest BCUT2D eigenvalue weighted by Gasteiger charge is 2.30. The van der Waals surface area contributed by atoms with Crippen molar-refractivity contribution in [1.82, 2.24) is 0 Å². The summed E-state index contributed by atoms with van der Waals surface area (Å²) in [5, 5.41) is 7.84. The third-order valence-electron chi connectivity index (χ3n) is 4.81. The maximum absolute atomic E-state index is 13.1. The van der Waals surface area contributed by atoms with E-state index in [1.54, 1.807) is 6.92 Å². The molecule has 0 fully saturated rings. The van der Waals surface area contributed by atoms with E-state index in [2.05, 4.69) is 9.71 Å². The zero-order chi connectivity index (χ0) is 27.6. The van der Waals surface area contributed by atoms with Crippen molar-refractivity contribution in [2.75, 3.05) is 5.32 Å². The molecule has 8 nitrogen and oxygen atoms in total. The average Bonchev–Trinajstić information content (AvgIpc) is 2.78. The molecule has 37 heavy (non-hydrogen) atoms. The van der Waals surface area contributed by atoms with Gasteiger partial charge in [0.1, 0.15) is 4.90 Å². The summed E-state index contributed by atoms with van der Waals surface area (Å²) in [7, 11) is -8.44. The predicted octanol–water partition coefficient (Wildman–Crippen LogP) is 4.72. The summed E-state index contributed by atoms with van der Waals surface area (Å²) < 4.78 is 92.0. The van der Waals surface area contributed by atoms with E-state index in [-0.39, 0.29) is 31.1 Å². The Kier molecular flexibility index (Phi) is 8.49. The zero-order valence-electron chi connectivity index (χ0n) is 19.0. The number of primary sulfonamides is 1. The number of hydrogen-bond acceptors (Lipinski definition) is 5. The highest BCUT2D eigenvalue weighted by Crippen LogP contribution is 2.36. The van der Waals surface area contributed by atoms with Crippen LogP contribution in [0.5, 0.6) is 0 Å². The SMILES string of the molecule is Cc1cc(S(=O)(=O)N=C(N)Nc2cccc(S(N)(=O)=O)c2)c(SCc2cccc(C(F)(F)F)c2)cc1Cl. The topological polar surface area (TPSA) is 145 Å². The van der Waals surface area contributed by atoms with Crippen LogP contribution in [0.15, 0.2) is 79.7 Å². The van der Waals surface area contributed by atoms with Gasteiger partial charge in [-0.1, -0.05) is 35.9 Å². The van der Waals surface area contributed by atoms with Gasteiger partial charge in [-0.3, -0.25) is 0 Å². The van der Waals surface area contributed by atoms with Crippen molar-refractivity contribution >= 4 is 55.1 Å². The highest BCUT2D eigenvalue weighted by molar-refractivity contribution is 7.99. The van der Waals surface area contributed by atoms with Crippen molar-refractivity contribution in [2.45, 2.75) is 33.5 Å². The molecule has 0 radical (unpaired) electrons. The molecule has 5 N–H and O–H groups in total. The summed E-state index contributed by atoms with van der Waals surface area (Å²) in [5.41, 5.74) is 5.81. The lowest BCUT2D eigenvalue weighted by atomic mass is 10.1. The van der Waals surface area contributed by atoms with E-state index in [0.717, 1.165) is 30.0 Å². The third-order valence-corrected chi connectivity index (χ3v) is 8.71. The molecule has 0 aromatic heterocycles. The summed E-state index contributed by atoms with van der Waals surface area (Å²) in [6.45, 7) is 1.58. The number of thioether (sulfide) groups is 1. The van der Waals surface area contributed by atoms with Crippen LogP contribution in [-0.2, 0) is 32.0 Å². The second-order valence-corrected chi connectivity index (χ2v) is 12.2. The van der Waals surface area contributed by atoms with E-state index in [1.807, 2.05) is 0 Å². The number of nitrogens with one attached hydrogen (secondary N) is 1. The van der Waals surface area contributed by atoms with Crippen molar-refractivity contribution in [1.29, 1.82) is 0 Å². The summed E-state index contributed by atoms with van der Waals surface area (Å²) in [5.74, 6) is -0.545. The van der Waals surface area contributed by atoms with Crippen LogP contribution < -0.4 is 16.2 Å². The Balaban J connectivity index is 1.91. The zero-order valence-corrected chi connectivity index (χ0v) is 22.2. The number of halogens is 4. The second-order valence-electron chi connectivity index (χ2n) is 7.68. The summed E-state index contributed by atoms with van der Waals surface area (Å²) in [4.78, 5) is -0.329. The molecule has 0 heterocycles. The molecular formula is C22H20ClF3N4O4S3. The fourth-order valence-electron chi connectivity index (χ4n) is 3.05. The van der Waals surface area contributed by atoms with E-state index < -0.39 is 37.7 Å². The largest absolute Gasteiger partial charge is 0.416 e. The second kappa shape index (κ2) is 10.9. The summed E-state index contributed by atoms with van der Waals surface area (Å²) in [6, 6.07) is 12.5. The van der Waals surface area contributed by atoms with E-state index in [4.69, 9.17) is 22.5 Å². The molecule has 0 atom stereocenters. The lowest BCUT2D eigenvalue weighted by Crippen LogP contribution is -2.24. The van der Waals surface area contributed by atoms with Gasteiger partial charge in [0.2, 0.25) is 16.0 Å². The van der Waals surface area contributed by atoms with E-state index >= 15 is 0 Å². The van der Waals surface area contributed by atoms with E-state index in [9.17, 15) is 30.0 Å². The number of nitrogens with two attached hydrogens (primary N) is 2. The Labute approximate surface area is 221 Å². The van der Waals surface area contributed by atoms with Crippen LogP contribution in [0.25, 0.3) is 0 Å². The Hall–Kier alpha value is -2.78. The normalized spacial score (nSPS) is 13.0. The van der Waals surface area contributed by atoms with Crippen LogP contribution in [0.3, 0.4) is 0 Å².